The van der Waals surface area contributed by atoms with Gasteiger partial charge in [0.15, 0.2) is 0 Å². The maximum atomic E-state index is 12.4. The van der Waals surface area contributed by atoms with Gasteiger partial charge >= 0.3 is 29.9 Å². The minimum atomic E-state index is -5.14. The summed E-state index contributed by atoms with van der Waals surface area (Å²) in [6.45, 7) is -2.46. The number of H-pyrrole nitrogens is 1. The van der Waals surface area contributed by atoms with Crippen LogP contribution < -0.4 is 27.2 Å². The standard InChI is InChI=1S/C22H28F6N6O8/c23-21(24,25)18(39)30-4-7-33(8-5-31-19(40)22(26,27)28)6-3-29-15(37)2-1-12-10-34(20(41)32-17(12)38)16-9-13(36)14(11-35)42-16/h1-2,10,13-14,16,35-36H,3-9,11H2,(H,29,37)(H,30,39)(H,31,40)(H,32,38,41). The molecule has 3 amide bonds. The summed E-state index contributed by atoms with van der Waals surface area (Å²) in [7, 11) is 0. The number of halogens is 6. The lowest BCUT2D eigenvalue weighted by atomic mass is 10.2. The van der Waals surface area contributed by atoms with Gasteiger partial charge in [0.05, 0.1) is 18.3 Å². The molecule has 1 aliphatic rings. The molecule has 14 nitrogen and oxygen atoms in total. The first-order valence-corrected chi connectivity index (χ1v) is 12.2. The highest BCUT2D eigenvalue weighted by molar-refractivity contribution is 5.91. The number of aliphatic hydroxyl groups excluding tert-OH is 2. The van der Waals surface area contributed by atoms with Gasteiger partial charge in [0.25, 0.3) is 5.56 Å². The van der Waals surface area contributed by atoms with Crippen LogP contribution in [0, 0.1) is 0 Å². The summed E-state index contributed by atoms with van der Waals surface area (Å²) in [6.07, 6.45) is -10.3. The number of hydrogen-bond acceptors (Lipinski definition) is 9. The molecule has 0 radical (unpaired) electrons. The fraction of sp³-hybridized carbons (Fsp3) is 0.591. The molecule has 0 aromatic carbocycles. The van der Waals surface area contributed by atoms with Gasteiger partial charge in [0, 0.05) is 58.0 Å². The molecule has 0 spiro atoms. The molecule has 3 atom stereocenters. The Labute approximate surface area is 232 Å². The number of ether oxygens (including phenoxy) is 1. The van der Waals surface area contributed by atoms with Crippen molar-refractivity contribution >= 4 is 23.8 Å². The third-order valence-electron chi connectivity index (χ3n) is 5.77. The van der Waals surface area contributed by atoms with E-state index < -0.39 is 79.5 Å². The molecular formula is C22H28F6N6O8. The highest BCUT2D eigenvalue weighted by Crippen LogP contribution is 2.27. The summed E-state index contributed by atoms with van der Waals surface area (Å²) in [4.78, 5) is 61.7. The number of nitrogens with zero attached hydrogens (tertiary/aromatic N) is 2. The number of carbonyl (C=O) groups is 3. The van der Waals surface area contributed by atoms with Gasteiger partial charge in [-0.1, -0.05) is 0 Å². The Morgan fingerprint density at radius 3 is 2.00 bits per heavy atom. The van der Waals surface area contributed by atoms with Gasteiger partial charge in [-0.3, -0.25) is 33.6 Å². The number of nitrogens with one attached hydrogen (secondary N) is 4. The molecule has 20 heteroatoms. The van der Waals surface area contributed by atoms with Crippen molar-refractivity contribution < 1.29 is 55.7 Å². The first-order chi connectivity index (χ1) is 19.5. The number of aromatic nitrogens is 2. The molecule has 1 fully saturated rings. The molecule has 2 heterocycles. The van der Waals surface area contributed by atoms with Crippen molar-refractivity contribution in [1.82, 2.24) is 30.4 Å². The summed E-state index contributed by atoms with van der Waals surface area (Å²) < 4.78 is 80.5. The Balaban J connectivity index is 1.96. The summed E-state index contributed by atoms with van der Waals surface area (Å²) in [5, 5.41) is 24.6. The number of amides is 3. The largest absolute Gasteiger partial charge is 0.471 e. The summed E-state index contributed by atoms with van der Waals surface area (Å²) in [6, 6.07) is 0. The second-order valence-electron chi connectivity index (χ2n) is 8.84. The average Bonchev–Trinajstić information content (AvgIpc) is 3.26. The van der Waals surface area contributed by atoms with Crippen LogP contribution >= 0.6 is 0 Å². The van der Waals surface area contributed by atoms with Gasteiger partial charge < -0.3 is 30.9 Å². The van der Waals surface area contributed by atoms with E-state index in [0.29, 0.717) is 0 Å². The summed E-state index contributed by atoms with van der Waals surface area (Å²) in [5.74, 6) is -5.22. The minimum absolute atomic E-state index is 0.0584. The molecule has 6 N–H and O–H groups in total. The van der Waals surface area contributed by atoms with Crippen molar-refractivity contribution in [3.8, 4) is 0 Å². The number of rotatable bonds is 13. The molecule has 1 saturated heterocycles. The Morgan fingerprint density at radius 1 is 1.00 bits per heavy atom. The average molecular weight is 618 g/mol. The van der Waals surface area contributed by atoms with E-state index in [0.717, 1.165) is 22.9 Å². The molecule has 1 aromatic heterocycles. The molecule has 42 heavy (non-hydrogen) atoms. The molecule has 0 aliphatic carbocycles. The van der Waals surface area contributed by atoms with Gasteiger partial charge in [-0.25, -0.2) is 4.79 Å². The van der Waals surface area contributed by atoms with Crippen LogP contribution in [0.15, 0.2) is 21.9 Å². The third kappa shape index (κ3) is 10.6. The highest BCUT2D eigenvalue weighted by Gasteiger charge is 2.39. The molecule has 0 saturated carbocycles. The highest BCUT2D eigenvalue weighted by atomic mass is 19.4. The summed E-state index contributed by atoms with van der Waals surface area (Å²) in [5.41, 5.74) is -1.88. The lowest BCUT2D eigenvalue weighted by Gasteiger charge is -2.23. The Morgan fingerprint density at radius 2 is 1.52 bits per heavy atom. The predicted octanol–water partition coefficient (Wildman–Crippen LogP) is -2.03. The van der Waals surface area contributed by atoms with Crippen LogP contribution in [0.5, 0.6) is 0 Å². The minimum Gasteiger partial charge on any atom is -0.394 e. The number of aliphatic hydroxyl groups is 2. The van der Waals surface area contributed by atoms with Gasteiger partial charge in [-0.2, -0.15) is 26.3 Å². The zero-order valence-corrected chi connectivity index (χ0v) is 21.6. The number of carbonyl (C=O) groups excluding carboxylic acids is 3. The maximum Gasteiger partial charge on any atom is 0.471 e. The maximum absolute atomic E-state index is 12.4. The zero-order valence-electron chi connectivity index (χ0n) is 21.6. The first kappa shape index (κ1) is 34.5. The smallest absolute Gasteiger partial charge is 0.394 e. The van der Waals surface area contributed by atoms with Gasteiger partial charge in [0.1, 0.15) is 12.3 Å². The molecule has 0 bridgehead atoms. The van der Waals surface area contributed by atoms with Crippen molar-refractivity contribution in [1.29, 1.82) is 0 Å². The van der Waals surface area contributed by atoms with Crippen LogP contribution in [0.25, 0.3) is 6.08 Å². The van der Waals surface area contributed by atoms with Crippen molar-refractivity contribution in [3.63, 3.8) is 0 Å². The fourth-order valence-corrected chi connectivity index (χ4v) is 3.64. The SMILES string of the molecule is O=C(C=Cc1cn(C2CC(O)C(CO)O2)c(=O)[nH]c1=O)NCCN(CCNC(=O)C(F)(F)F)CCNC(=O)C(F)(F)F. The van der Waals surface area contributed by atoms with Crippen LogP contribution in [0.2, 0.25) is 0 Å². The zero-order chi connectivity index (χ0) is 31.7. The molecule has 2 rings (SSSR count). The van der Waals surface area contributed by atoms with Gasteiger partial charge in [-0.05, 0) is 6.08 Å². The van der Waals surface area contributed by atoms with Crippen LogP contribution in [0.3, 0.4) is 0 Å². The topological polar surface area (TPSA) is 195 Å². The fourth-order valence-electron chi connectivity index (χ4n) is 3.64. The van der Waals surface area contributed by atoms with E-state index in [2.05, 4.69) is 5.32 Å². The number of alkyl halides is 6. The van der Waals surface area contributed by atoms with Crippen molar-refractivity contribution in [2.45, 2.75) is 37.2 Å². The molecular weight excluding hydrogens is 590 g/mol. The molecule has 1 aromatic rings. The van der Waals surface area contributed by atoms with E-state index >= 15 is 0 Å². The second-order valence-corrected chi connectivity index (χ2v) is 8.84. The van der Waals surface area contributed by atoms with Gasteiger partial charge in [0.2, 0.25) is 5.91 Å². The second kappa shape index (κ2) is 14.9. The van der Waals surface area contributed by atoms with Gasteiger partial charge in [-0.15, -0.1) is 0 Å². The van der Waals surface area contributed by atoms with E-state index in [1.807, 2.05) is 4.98 Å². The lowest BCUT2D eigenvalue weighted by Crippen LogP contribution is -2.46. The van der Waals surface area contributed by atoms with Crippen LogP contribution in [-0.4, -0.2) is 113 Å². The normalized spacial score (nSPS) is 19.3. The Kier molecular flexibility index (Phi) is 12.3. The lowest BCUT2D eigenvalue weighted by molar-refractivity contribution is -0.173. The van der Waals surface area contributed by atoms with E-state index in [1.54, 1.807) is 10.6 Å². The Bertz CT molecular complexity index is 1220. The number of aromatic amines is 1. The van der Waals surface area contributed by atoms with E-state index in [4.69, 9.17) is 4.74 Å². The van der Waals surface area contributed by atoms with E-state index in [1.165, 1.54) is 4.90 Å². The number of hydrogen-bond donors (Lipinski definition) is 6. The van der Waals surface area contributed by atoms with Crippen LogP contribution in [-0.2, 0) is 19.1 Å². The van der Waals surface area contributed by atoms with Crippen molar-refractivity contribution in [3.05, 3.63) is 38.7 Å². The monoisotopic (exact) mass is 618 g/mol. The van der Waals surface area contributed by atoms with Crippen LogP contribution in [0.4, 0.5) is 26.3 Å². The van der Waals surface area contributed by atoms with Crippen molar-refractivity contribution in [2.75, 3.05) is 45.9 Å². The molecule has 3 unspecified atom stereocenters. The van der Waals surface area contributed by atoms with E-state index in [9.17, 15) is 60.5 Å². The quantitative estimate of drug-likeness (QED) is 0.107. The third-order valence-corrected chi connectivity index (χ3v) is 5.77. The van der Waals surface area contributed by atoms with E-state index in [-0.39, 0.29) is 38.2 Å². The van der Waals surface area contributed by atoms with Crippen LogP contribution in [0.1, 0.15) is 18.2 Å². The van der Waals surface area contributed by atoms with Crippen molar-refractivity contribution in [2.24, 2.45) is 0 Å². The predicted molar refractivity (Wildman–Crippen MR) is 130 cm³/mol. The molecule has 236 valence electrons. The Hall–Kier alpha value is -3.75. The molecule has 1 aliphatic heterocycles. The first-order valence-electron chi connectivity index (χ1n) is 12.2. The summed E-state index contributed by atoms with van der Waals surface area (Å²) >= 11 is 0.